The van der Waals surface area contributed by atoms with E-state index in [2.05, 4.69) is 20.1 Å². The van der Waals surface area contributed by atoms with Gasteiger partial charge in [0.2, 0.25) is 5.16 Å². The Bertz CT molecular complexity index is 1200. The molecular formula is C23H23N5O2S. The molecule has 31 heavy (non-hydrogen) atoms. The summed E-state index contributed by atoms with van der Waals surface area (Å²) in [4.78, 5) is 13.3. The Labute approximate surface area is 185 Å². The van der Waals surface area contributed by atoms with E-state index in [1.165, 1.54) is 11.8 Å². The first-order valence-corrected chi connectivity index (χ1v) is 10.8. The summed E-state index contributed by atoms with van der Waals surface area (Å²) < 4.78 is 8.93. The molecule has 0 aliphatic rings. The quantitative estimate of drug-likeness (QED) is 0.317. The van der Waals surface area contributed by atoms with Crippen molar-refractivity contribution in [1.82, 2.24) is 24.8 Å². The van der Waals surface area contributed by atoms with Gasteiger partial charge in [0.25, 0.3) is 0 Å². The highest BCUT2D eigenvalue weighted by atomic mass is 32.2. The SMILES string of the molecule is COc1ccc(-n2nnnc2S[C@@H](C)C(=O)c2cc(C)n(-c3ccccc3)c2C)cc1. The van der Waals surface area contributed by atoms with Crippen LogP contribution in [0.15, 0.2) is 65.8 Å². The Morgan fingerprint density at radius 2 is 1.74 bits per heavy atom. The van der Waals surface area contributed by atoms with E-state index in [1.807, 2.05) is 81.4 Å². The highest BCUT2D eigenvalue weighted by molar-refractivity contribution is 8.00. The van der Waals surface area contributed by atoms with Crippen LogP contribution >= 0.6 is 11.8 Å². The molecule has 0 fully saturated rings. The second kappa shape index (κ2) is 8.77. The third-order valence-corrected chi connectivity index (χ3v) is 6.15. The van der Waals surface area contributed by atoms with Gasteiger partial charge in [-0.05, 0) is 73.7 Å². The molecule has 4 rings (SSSR count). The van der Waals surface area contributed by atoms with Gasteiger partial charge in [-0.2, -0.15) is 4.68 Å². The van der Waals surface area contributed by atoms with Crippen LogP contribution in [-0.2, 0) is 0 Å². The van der Waals surface area contributed by atoms with Gasteiger partial charge in [-0.25, -0.2) is 0 Å². The summed E-state index contributed by atoms with van der Waals surface area (Å²) in [7, 11) is 1.62. The Morgan fingerprint density at radius 3 is 2.42 bits per heavy atom. The summed E-state index contributed by atoms with van der Waals surface area (Å²) in [5.74, 6) is 0.799. The van der Waals surface area contributed by atoms with E-state index in [-0.39, 0.29) is 11.0 Å². The first kappa shape index (κ1) is 20.9. The minimum Gasteiger partial charge on any atom is -0.497 e. The number of methoxy groups -OCH3 is 1. The molecule has 0 amide bonds. The monoisotopic (exact) mass is 433 g/mol. The normalized spacial score (nSPS) is 12.0. The van der Waals surface area contributed by atoms with Gasteiger partial charge in [0.1, 0.15) is 5.75 Å². The molecule has 0 aliphatic carbocycles. The largest absolute Gasteiger partial charge is 0.497 e. The molecule has 1 atom stereocenters. The third kappa shape index (κ3) is 4.11. The van der Waals surface area contributed by atoms with Crippen molar-refractivity contribution in [1.29, 1.82) is 0 Å². The van der Waals surface area contributed by atoms with Crippen LogP contribution < -0.4 is 4.74 Å². The fourth-order valence-electron chi connectivity index (χ4n) is 3.56. The molecule has 0 saturated heterocycles. The van der Waals surface area contributed by atoms with Crippen LogP contribution in [0.4, 0.5) is 0 Å². The molecule has 0 saturated carbocycles. The van der Waals surface area contributed by atoms with Crippen molar-refractivity contribution < 1.29 is 9.53 Å². The van der Waals surface area contributed by atoms with E-state index in [0.29, 0.717) is 10.7 Å². The van der Waals surface area contributed by atoms with Crippen molar-refractivity contribution >= 4 is 17.5 Å². The van der Waals surface area contributed by atoms with Crippen molar-refractivity contribution in [2.24, 2.45) is 0 Å². The molecule has 0 radical (unpaired) electrons. The molecule has 0 aliphatic heterocycles. The Morgan fingerprint density at radius 1 is 1.03 bits per heavy atom. The number of hydrogen-bond acceptors (Lipinski definition) is 6. The maximum Gasteiger partial charge on any atom is 0.214 e. The van der Waals surface area contributed by atoms with Crippen molar-refractivity contribution in [3.63, 3.8) is 0 Å². The van der Waals surface area contributed by atoms with Gasteiger partial charge in [-0.1, -0.05) is 30.0 Å². The lowest BCUT2D eigenvalue weighted by Gasteiger charge is -2.12. The summed E-state index contributed by atoms with van der Waals surface area (Å²) in [6, 6.07) is 19.4. The van der Waals surface area contributed by atoms with Crippen LogP contribution in [0.5, 0.6) is 5.75 Å². The number of thioether (sulfide) groups is 1. The second-order valence-electron chi connectivity index (χ2n) is 7.15. The minimum atomic E-state index is -0.354. The van der Waals surface area contributed by atoms with E-state index in [1.54, 1.807) is 11.8 Å². The molecule has 2 aromatic heterocycles. The highest BCUT2D eigenvalue weighted by Gasteiger charge is 2.24. The topological polar surface area (TPSA) is 74.8 Å². The third-order valence-electron chi connectivity index (χ3n) is 5.12. The molecule has 7 nitrogen and oxygen atoms in total. The van der Waals surface area contributed by atoms with Gasteiger partial charge in [0, 0.05) is 22.6 Å². The number of para-hydroxylation sites is 1. The number of carbonyl (C=O) groups excluding carboxylic acids is 1. The fraction of sp³-hybridized carbons (Fsp3) is 0.217. The Hall–Kier alpha value is -3.39. The first-order valence-electron chi connectivity index (χ1n) is 9.87. The Balaban J connectivity index is 1.57. The highest BCUT2D eigenvalue weighted by Crippen LogP contribution is 2.29. The number of hydrogen-bond donors (Lipinski definition) is 0. The van der Waals surface area contributed by atoms with E-state index in [0.717, 1.165) is 28.5 Å². The van der Waals surface area contributed by atoms with Gasteiger partial charge in [0.15, 0.2) is 5.78 Å². The smallest absolute Gasteiger partial charge is 0.214 e. The average Bonchev–Trinajstić information content (AvgIpc) is 3.37. The molecule has 0 bridgehead atoms. The first-order chi connectivity index (χ1) is 15.0. The zero-order chi connectivity index (χ0) is 22.0. The van der Waals surface area contributed by atoms with Crippen LogP contribution in [0.2, 0.25) is 0 Å². The number of nitrogens with zero attached hydrogens (tertiary/aromatic N) is 5. The summed E-state index contributed by atoms with van der Waals surface area (Å²) in [5, 5.41) is 12.2. The summed E-state index contributed by atoms with van der Waals surface area (Å²) in [5.41, 5.74) is 4.50. The summed E-state index contributed by atoms with van der Waals surface area (Å²) in [6.45, 7) is 5.87. The number of tetrazole rings is 1. The van der Waals surface area contributed by atoms with Crippen LogP contribution in [0.3, 0.4) is 0 Å². The van der Waals surface area contributed by atoms with Crippen LogP contribution in [-0.4, -0.2) is 42.9 Å². The molecule has 2 aromatic carbocycles. The number of aromatic nitrogens is 5. The minimum absolute atomic E-state index is 0.0459. The predicted molar refractivity (Wildman–Crippen MR) is 121 cm³/mol. The number of Topliss-reactive ketones (excluding diaryl/α,β-unsaturated/α-hetero) is 1. The number of aryl methyl sites for hydroxylation is 1. The van der Waals surface area contributed by atoms with Crippen molar-refractivity contribution in [2.45, 2.75) is 31.2 Å². The number of benzene rings is 2. The summed E-state index contributed by atoms with van der Waals surface area (Å²) >= 11 is 1.34. The van der Waals surface area contributed by atoms with E-state index >= 15 is 0 Å². The van der Waals surface area contributed by atoms with Gasteiger partial charge in [-0.3, -0.25) is 4.79 Å². The predicted octanol–water partition coefficient (Wildman–Crippen LogP) is 4.44. The summed E-state index contributed by atoms with van der Waals surface area (Å²) in [6.07, 6.45) is 0. The van der Waals surface area contributed by atoms with Crippen molar-refractivity contribution in [2.75, 3.05) is 7.11 Å². The van der Waals surface area contributed by atoms with Crippen LogP contribution in [0.1, 0.15) is 28.7 Å². The molecule has 0 spiro atoms. The van der Waals surface area contributed by atoms with E-state index in [9.17, 15) is 4.79 Å². The lowest BCUT2D eigenvalue weighted by atomic mass is 10.1. The van der Waals surface area contributed by atoms with Crippen LogP contribution in [0, 0.1) is 13.8 Å². The molecule has 158 valence electrons. The maximum atomic E-state index is 13.3. The Kier molecular flexibility index (Phi) is 5.90. The van der Waals surface area contributed by atoms with Crippen molar-refractivity contribution in [3.05, 3.63) is 77.6 Å². The van der Waals surface area contributed by atoms with Crippen LogP contribution in [0.25, 0.3) is 11.4 Å². The number of carbonyl (C=O) groups is 1. The molecule has 8 heteroatoms. The lowest BCUT2D eigenvalue weighted by molar-refractivity contribution is 0.0993. The maximum absolute atomic E-state index is 13.3. The van der Waals surface area contributed by atoms with E-state index < -0.39 is 0 Å². The molecular weight excluding hydrogens is 410 g/mol. The standard InChI is InChI=1S/C23H23N5O2S/c1-15-14-21(16(2)27(15)18-8-6-5-7-9-18)22(29)17(3)31-23-24-25-26-28(23)19-10-12-20(30-4)13-11-19/h5-14,17H,1-4H3/t17-/m0/s1. The zero-order valence-electron chi connectivity index (χ0n) is 17.8. The number of rotatable bonds is 7. The molecule has 0 unspecified atom stereocenters. The van der Waals surface area contributed by atoms with Gasteiger partial charge in [0.05, 0.1) is 18.0 Å². The lowest BCUT2D eigenvalue weighted by Crippen LogP contribution is -2.15. The van der Waals surface area contributed by atoms with Gasteiger partial charge < -0.3 is 9.30 Å². The van der Waals surface area contributed by atoms with Gasteiger partial charge in [-0.15, -0.1) is 5.10 Å². The second-order valence-corrected chi connectivity index (χ2v) is 8.46. The molecule has 0 N–H and O–H groups in total. The fourth-order valence-corrected chi connectivity index (χ4v) is 4.43. The number of ketones is 1. The molecule has 4 aromatic rings. The average molecular weight is 434 g/mol. The van der Waals surface area contributed by atoms with Crippen molar-refractivity contribution in [3.8, 4) is 17.1 Å². The van der Waals surface area contributed by atoms with E-state index in [4.69, 9.17) is 4.74 Å². The zero-order valence-corrected chi connectivity index (χ0v) is 18.6. The molecule has 2 heterocycles. The van der Waals surface area contributed by atoms with Gasteiger partial charge >= 0.3 is 0 Å². The number of ether oxygens (including phenoxy) is 1.